The molecule has 0 spiro atoms. The molecule has 2 heterocycles. The Balaban J connectivity index is 1.34. The third-order valence-corrected chi connectivity index (χ3v) is 8.58. The lowest BCUT2D eigenvalue weighted by molar-refractivity contribution is -0.384. The van der Waals surface area contributed by atoms with Gasteiger partial charge in [0.25, 0.3) is 5.69 Å². The molecule has 0 aliphatic carbocycles. The first kappa shape index (κ1) is 25.3. The highest BCUT2D eigenvalue weighted by atomic mass is 32.2. The monoisotopic (exact) mass is 533 g/mol. The number of amides is 2. The zero-order valence-electron chi connectivity index (χ0n) is 20.0. The van der Waals surface area contributed by atoms with Crippen molar-refractivity contribution >= 4 is 34.3 Å². The van der Waals surface area contributed by atoms with Crippen molar-refractivity contribution in [3.05, 3.63) is 112 Å². The molecule has 2 fully saturated rings. The van der Waals surface area contributed by atoms with E-state index in [9.17, 15) is 28.7 Å². The summed E-state index contributed by atoms with van der Waals surface area (Å²) < 4.78 is 19.1. The van der Waals surface area contributed by atoms with Crippen LogP contribution in [0.5, 0.6) is 0 Å². The van der Waals surface area contributed by atoms with E-state index in [4.69, 9.17) is 4.74 Å². The van der Waals surface area contributed by atoms with Crippen molar-refractivity contribution in [2.75, 3.05) is 0 Å². The second kappa shape index (κ2) is 10.5. The Labute approximate surface area is 220 Å². The maximum atomic E-state index is 13.6. The molecule has 2 aliphatic rings. The first-order chi connectivity index (χ1) is 18.3. The number of non-ortho nitro benzene ring substituents is 1. The summed E-state index contributed by atoms with van der Waals surface area (Å²) in [6.45, 7) is -0.175. The van der Waals surface area contributed by atoms with Crippen LogP contribution in [0, 0.1) is 10.1 Å². The summed E-state index contributed by atoms with van der Waals surface area (Å²) in [6.07, 6.45) is 0.0623. The molecule has 2 saturated heterocycles. The molecular weight excluding hydrogens is 510 g/mol. The molecular formula is C27H23N3O7S. The molecule has 3 aromatic carbocycles. The van der Waals surface area contributed by atoms with E-state index in [2.05, 4.69) is 5.32 Å². The second-order valence-corrected chi connectivity index (χ2v) is 10.6. The largest absolute Gasteiger partial charge is 0.459 e. The number of fused-ring (bicyclic) bond motifs is 1. The van der Waals surface area contributed by atoms with Gasteiger partial charge in [-0.1, -0.05) is 60.7 Å². The number of esters is 1. The molecule has 5 rings (SSSR count). The van der Waals surface area contributed by atoms with Gasteiger partial charge in [0.2, 0.25) is 11.8 Å². The Kier molecular flexibility index (Phi) is 7.01. The van der Waals surface area contributed by atoms with Gasteiger partial charge in [-0.3, -0.25) is 23.9 Å². The summed E-state index contributed by atoms with van der Waals surface area (Å²) >= 11 is 0. The van der Waals surface area contributed by atoms with E-state index in [0.29, 0.717) is 11.1 Å². The fourth-order valence-electron chi connectivity index (χ4n) is 4.74. The number of nitro groups is 1. The molecule has 0 aromatic heterocycles. The summed E-state index contributed by atoms with van der Waals surface area (Å²) in [5.41, 5.74) is 1.82. The molecule has 38 heavy (non-hydrogen) atoms. The lowest BCUT2D eigenvalue weighted by Crippen LogP contribution is -2.71. The van der Waals surface area contributed by atoms with E-state index in [1.165, 1.54) is 29.2 Å². The number of ether oxygens (including phenoxy) is 1. The van der Waals surface area contributed by atoms with Gasteiger partial charge in [0.15, 0.2) is 0 Å². The molecule has 5 atom stereocenters. The minimum Gasteiger partial charge on any atom is -0.459 e. The van der Waals surface area contributed by atoms with Crippen LogP contribution < -0.4 is 5.32 Å². The van der Waals surface area contributed by atoms with Crippen molar-refractivity contribution in [1.82, 2.24) is 10.2 Å². The highest BCUT2D eigenvalue weighted by molar-refractivity contribution is 7.86. The number of rotatable bonds is 8. The van der Waals surface area contributed by atoms with Gasteiger partial charge in [-0.25, -0.2) is 4.79 Å². The van der Waals surface area contributed by atoms with Crippen LogP contribution in [-0.2, 0) is 42.9 Å². The smallest absolute Gasteiger partial charge is 0.330 e. The van der Waals surface area contributed by atoms with E-state index in [0.717, 1.165) is 5.56 Å². The number of nitrogens with one attached hydrogen (secondary N) is 1. The van der Waals surface area contributed by atoms with Crippen LogP contribution in [0.4, 0.5) is 5.69 Å². The molecule has 11 heteroatoms. The summed E-state index contributed by atoms with van der Waals surface area (Å²) in [4.78, 5) is 50.7. The number of carbonyl (C=O) groups is 3. The average molecular weight is 534 g/mol. The quantitative estimate of drug-likeness (QED) is 0.203. The maximum Gasteiger partial charge on any atom is 0.330 e. The van der Waals surface area contributed by atoms with Gasteiger partial charge in [0.1, 0.15) is 24.1 Å². The van der Waals surface area contributed by atoms with Crippen LogP contribution in [0.3, 0.4) is 0 Å². The fourth-order valence-corrected chi connectivity index (χ4v) is 6.87. The predicted molar refractivity (Wildman–Crippen MR) is 137 cm³/mol. The molecule has 0 saturated carbocycles. The standard InChI is InChI=1S/C27H23N3O7S/c31-21(15-17-7-3-1-4-8-17)28-22-25(32)29-23(24(38(36)26(22)29)19-9-5-2-6-10-19)27(33)37-16-18-11-13-20(14-12-18)30(34)35/h1-14,22-24,26H,15-16H2,(H,28,31)/t22-,23-,24-,26?,38?/m1/s1. The van der Waals surface area contributed by atoms with E-state index in [1.54, 1.807) is 42.5 Å². The highest BCUT2D eigenvalue weighted by Gasteiger charge is 2.65. The lowest BCUT2D eigenvalue weighted by atomic mass is 9.98. The Hall–Kier alpha value is -4.38. The number of nitrogens with zero attached hydrogens (tertiary/aromatic N) is 2. The van der Waals surface area contributed by atoms with E-state index in [1.807, 2.05) is 18.2 Å². The molecule has 1 N–H and O–H groups in total. The van der Waals surface area contributed by atoms with Gasteiger partial charge in [-0.2, -0.15) is 0 Å². The van der Waals surface area contributed by atoms with E-state index < -0.39 is 50.3 Å². The average Bonchev–Trinajstić information content (AvgIpc) is 3.21. The minimum atomic E-state index is -1.71. The van der Waals surface area contributed by atoms with Gasteiger partial charge in [-0.15, -0.1) is 0 Å². The van der Waals surface area contributed by atoms with Crippen LogP contribution in [0.1, 0.15) is 21.9 Å². The highest BCUT2D eigenvalue weighted by Crippen LogP contribution is 2.45. The van der Waals surface area contributed by atoms with Gasteiger partial charge in [0.05, 0.1) is 27.4 Å². The van der Waals surface area contributed by atoms with Gasteiger partial charge < -0.3 is 15.0 Å². The number of carbonyl (C=O) groups excluding carboxylic acids is 3. The predicted octanol–water partition coefficient (Wildman–Crippen LogP) is 2.41. The Morgan fingerprint density at radius 1 is 0.947 bits per heavy atom. The number of β-lactam (4-membered cyclic amide) rings is 1. The van der Waals surface area contributed by atoms with Gasteiger partial charge in [0, 0.05) is 12.1 Å². The first-order valence-electron chi connectivity index (χ1n) is 11.8. The molecule has 10 nitrogen and oxygen atoms in total. The maximum absolute atomic E-state index is 13.6. The van der Waals surface area contributed by atoms with Crippen molar-refractivity contribution in [2.24, 2.45) is 0 Å². The molecule has 0 radical (unpaired) electrons. The summed E-state index contributed by atoms with van der Waals surface area (Å²) in [7, 11) is -1.71. The molecule has 194 valence electrons. The summed E-state index contributed by atoms with van der Waals surface area (Å²) in [6, 6.07) is 21.2. The third kappa shape index (κ3) is 4.80. The van der Waals surface area contributed by atoms with Crippen LogP contribution in [0.15, 0.2) is 84.9 Å². The lowest BCUT2D eigenvalue weighted by Gasteiger charge is -2.43. The minimum absolute atomic E-state index is 0.0623. The van der Waals surface area contributed by atoms with Gasteiger partial charge in [-0.05, 0) is 28.8 Å². The van der Waals surface area contributed by atoms with Crippen LogP contribution >= 0.6 is 0 Å². The molecule has 2 aliphatic heterocycles. The third-order valence-electron chi connectivity index (χ3n) is 6.58. The molecule has 2 amide bonds. The van der Waals surface area contributed by atoms with Crippen molar-refractivity contribution in [2.45, 2.75) is 35.7 Å². The van der Waals surface area contributed by atoms with E-state index >= 15 is 0 Å². The van der Waals surface area contributed by atoms with Crippen LogP contribution in [0.25, 0.3) is 0 Å². The Morgan fingerprint density at radius 3 is 2.21 bits per heavy atom. The fraction of sp³-hybridized carbons (Fsp3) is 0.222. The molecule has 3 aromatic rings. The van der Waals surface area contributed by atoms with Crippen molar-refractivity contribution < 1.29 is 28.3 Å². The number of hydrogen-bond donors (Lipinski definition) is 1. The Bertz CT molecular complexity index is 1400. The number of benzene rings is 3. The summed E-state index contributed by atoms with van der Waals surface area (Å²) in [5.74, 6) is -1.62. The molecule has 0 bridgehead atoms. The van der Waals surface area contributed by atoms with E-state index in [-0.39, 0.29) is 24.6 Å². The zero-order chi connectivity index (χ0) is 26.8. The SMILES string of the molecule is O=C(Cc1ccccc1)N[C@@H]1C(=O)N2C1S(=O)[C@H](c1ccccc1)[C@@H]2C(=O)OCc1ccc([N+](=O)[O-])cc1. The van der Waals surface area contributed by atoms with Gasteiger partial charge >= 0.3 is 5.97 Å². The molecule has 2 unspecified atom stereocenters. The van der Waals surface area contributed by atoms with Crippen LogP contribution in [-0.4, -0.2) is 49.3 Å². The normalized spacial score (nSPS) is 23.7. The second-order valence-electron chi connectivity index (χ2n) is 8.98. The zero-order valence-corrected chi connectivity index (χ0v) is 20.8. The number of hydrogen-bond acceptors (Lipinski definition) is 7. The van der Waals surface area contributed by atoms with Crippen molar-refractivity contribution in [1.29, 1.82) is 0 Å². The van der Waals surface area contributed by atoms with Crippen molar-refractivity contribution in [3.8, 4) is 0 Å². The Morgan fingerprint density at radius 2 is 1.58 bits per heavy atom. The van der Waals surface area contributed by atoms with Crippen LogP contribution in [0.2, 0.25) is 0 Å². The topological polar surface area (TPSA) is 136 Å². The summed E-state index contributed by atoms with van der Waals surface area (Å²) in [5, 5.41) is 11.8. The number of nitro benzene ring substituents is 1. The van der Waals surface area contributed by atoms with Crippen molar-refractivity contribution in [3.63, 3.8) is 0 Å². The first-order valence-corrected chi connectivity index (χ1v) is 13.1.